The maximum absolute atomic E-state index is 12.6. The number of pyridine rings is 1. The van der Waals surface area contributed by atoms with E-state index in [-0.39, 0.29) is 37.3 Å². The molecular formula is C12H14F3N3O2. The highest BCUT2D eigenvalue weighted by molar-refractivity contribution is 5.47. The van der Waals surface area contributed by atoms with Crippen molar-refractivity contribution in [3.8, 4) is 0 Å². The largest absolute Gasteiger partial charge is 0.391 e. The number of anilines is 1. The highest BCUT2D eigenvalue weighted by atomic mass is 19.4. The van der Waals surface area contributed by atoms with Crippen molar-refractivity contribution in [3.05, 3.63) is 27.9 Å². The topological polar surface area (TPSA) is 59.3 Å². The number of aromatic nitrogens is 1. The Morgan fingerprint density at radius 3 is 2.40 bits per heavy atom. The summed E-state index contributed by atoms with van der Waals surface area (Å²) >= 11 is 0. The number of halogens is 3. The van der Waals surface area contributed by atoms with Crippen LogP contribution in [0.2, 0.25) is 0 Å². The summed E-state index contributed by atoms with van der Waals surface area (Å²) in [5, 5.41) is 10.7. The zero-order chi connectivity index (χ0) is 14.9. The van der Waals surface area contributed by atoms with Crippen LogP contribution in [0, 0.1) is 23.0 Å². The molecule has 0 spiro atoms. The summed E-state index contributed by atoms with van der Waals surface area (Å²) in [6, 6.07) is 2.83. The number of rotatable bonds is 2. The van der Waals surface area contributed by atoms with Gasteiger partial charge < -0.3 is 4.90 Å². The second-order valence-corrected chi connectivity index (χ2v) is 4.83. The molecule has 110 valence electrons. The highest BCUT2D eigenvalue weighted by Gasteiger charge is 2.41. The first-order chi connectivity index (χ1) is 9.29. The normalized spacial score (nSPS) is 17.3. The van der Waals surface area contributed by atoms with Crippen molar-refractivity contribution >= 4 is 11.5 Å². The first kappa shape index (κ1) is 14.5. The molecule has 1 aromatic heterocycles. The third-order valence-electron chi connectivity index (χ3n) is 3.52. The number of nitro groups is 1. The van der Waals surface area contributed by atoms with Gasteiger partial charge in [-0.05, 0) is 25.8 Å². The molecule has 0 aromatic carbocycles. The number of piperidine rings is 1. The molecule has 0 amide bonds. The van der Waals surface area contributed by atoms with Gasteiger partial charge in [-0.3, -0.25) is 10.1 Å². The molecule has 0 saturated carbocycles. The molecule has 20 heavy (non-hydrogen) atoms. The standard InChI is InChI=1S/C12H14F3N3O2/c1-8-10(18(19)20)2-3-11(16-8)17-6-4-9(5-7-17)12(13,14)15/h2-3,9H,4-7H2,1H3. The van der Waals surface area contributed by atoms with Gasteiger partial charge in [0.1, 0.15) is 11.5 Å². The van der Waals surface area contributed by atoms with E-state index in [2.05, 4.69) is 4.98 Å². The van der Waals surface area contributed by atoms with Gasteiger partial charge in [0, 0.05) is 19.2 Å². The second-order valence-electron chi connectivity index (χ2n) is 4.83. The third kappa shape index (κ3) is 3.00. The van der Waals surface area contributed by atoms with Crippen molar-refractivity contribution in [3.63, 3.8) is 0 Å². The molecule has 1 fully saturated rings. The van der Waals surface area contributed by atoms with Gasteiger partial charge in [-0.1, -0.05) is 0 Å². The highest BCUT2D eigenvalue weighted by Crippen LogP contribution is 2.35. The van der Waals surface area contributed by atoms with Crippen molar-refractivity contribution < 1.29 is 18.1 Å². The first-order valence-corrected chi connectivity index (χ1v) is 6.22. The average molecular weight is 289 g/mol. The molecule has 1 aliphatic rings. The quantitative estimate of drug-likeness (QED) is 0.620. The molecule has 1 aliphatic heterocycles. The molecule has 2 heterocycles. The smallest absolute Gasteiger partial charge is 0.357 e. The van der Waals surface area contributed by atoms with Gasteiger partial charge in [0.15, 0.2) is 0 Å². The van der Waals surface area contributed by atoms with Gasteiger partial charge in [-0.15, -0.1) is 0 Å². The van der Waals surface area contributed by atoms with E-state index < -0.39 is 17.0 Å². The molecule has 0 N–H and O–H groups in total. The summed E-state index contributed by atoms with van der Waals surface area (Å²) in [6.07, 6.45) is -4.09. The average Bonchev–Trinajstić information content (AvgIpc) is 2.37. The summed E-state index contributed by atoms with van der Waals surface area (Å²) in [7, 11) is 0. The van der Waals surface area contributed by atoms with Crippen LogP contribution in [-0.2, 0) is 0 Å². The lowest BCUT2D eigenvalue weighted by atomic mass is 9.96. The number of aryl methyl sites for hydroxylation is 1. The van der Waals surface area contributed by atoms with Crippen molar-refractivity contribution in [2.75, 3.05) is 18.0 Å². The van der Waals surface area contributed by atoms with E-state index in [0.29, 0.717) is 5.82 Å². The van der Waals surface area contributed by atoms with Crippen LogP contribution in [0.4, 0.5) is 24.7 Å². The lowest BCUT2D eigenvalue weighted by molar-refractivity contribution is -0.385. The molecule has 0 unspecified atom stereocenters. The molecule has 0 radical (unpaired) electrons. The van der Waals surface area contributed by atoms with E-state index >= 15 is 0 Å². The summed E-state index contributed by atoms with van der Waals surface area (Å²) < 4.78 is 37.7. The van der Waals surface area contributed by atoms with Gasteiger partial charge in [0.25, 0.3) is 5.69 Å². The molecule has 0 bridgehead atoms. The minimum Gasteiger partial charge on any atom is -0.357 e. The molecule has 0 atom stereocenters. The van der Waals surface area contributed by atoms with Gasteiger partial charge in [0.2, 0.25) is 0 Å². The maximum Gasteiger partial charge on any atom is 0.391 e. The first-order valence-electron chi connectivity index (χ1n) is 6.22. The van der Waals surface area contributed by atoms with E-state index in [4.69, 9.17) is 0 Å². The summed E-state index contributed by atoms with van der Waals surface area (Å²) in [5.41, 5.74) is 0.185. The fourth-order valence-corrected chi connectivity index (χ4v) is 2.35. The van der Waals surface area contributed by atoms with E-state index in [1.165, 1.54) is 19.1 Å². The van der Waals surface area contributed by atoms with E-state index in [9.17, 15) is 23.3 Å². The Morgan fingerprint density at radius 1 is 1.35 bits per heavy atom. The zero-order valence-corrected chi connectivity index (χ0v) is 10.9. The van der Waals surface area contributed by atoms with Crippen molar-refractivity contribution in [2.24, 2.45) is 5.92 Å². The predicted molar refractivity (Wildman–Crippen MR) is 66.6 cm³/mol. The lowest BCUT2D eigenvalue weighted by Gasteiger charge is -2.33. The molecule has 0 aliphatic carbocycles. The molecule has 1 aromatic rings. The molecule has 1 saturated heterocycles. The van der Waals surface area contributed by atoms with Gasteiger partial charge in [-0.25, -0.2) is 4.98 Å². The van der Waals surface area contributed by atoms with Crippen LogP contribution in [0.3, 0.4) is 0 Å². The third-order valence-corrected chi connectivity index (χ3v) is 3.52. The van der Waals surface area contributed by atoms with Crippen molar-refractivity contribution in [1.29, 1.82) is 0 Å². The summed E-state index contributed by atoms with van der Waals surface area (Å²) in [5.74, 6) is -0.772. The summed E-state index contributed by atoms with van der Waals surface area (Å²) in [4.78, 5) is 16.0. The van der Waals surface area contributed by atoms with Crippen LogP contribution in [0.15, 0.2) is 12.1 Å². The number of nitrogens with zero attached hydrogens (tertiary/aromatic N) is 3. The molecular weight excluding hydrogens is 275 g/mol. The minimum atomic E-state index is -4.15. The van der Waals surface area contributed by atoms with E-state index in [1.807, 2.05) is 0 Å². The van der Waals surface area contributed by atoms with Gasteiger partial charge >= 0.3 is 6.18 Å². The Bertz CT molecular complexity index is 511. The molecule has 2 rings (SSSR count). The SMILES string of the molecule is Cc1nc(N2CCC(C(F)(F)F)CC2)ccc1[N+](=O)[O-]. The maximum atomic E-state index is 12.6. The Morgan fingerprint density at radius 2 is 1.95 bits per heavy atom. The lowest BCUT2D eigenvalue weighted by Crippen LogP contribution is -2.39. The summed E-state index contributed by atoms with van der Waals surface area (Å²) in [6.45, 7) is 2.03. The van der Waals surface area contributed by atoms with E-state index in [0.717, 1.165) is 0 Å². The fourth-order valence-electron chi connectivity index (χ4n) is 2.35. The van der Waals surface area contributed by atoms with Crippen LogP contribution >= 0.6 is 0 Å². The van der Waals surface area contributed by atoms with Crippen LogP contribution in [0.1, 0.15) is 18.5 Å². The van der Waals surface area contributed by atoms with Crippen LogP contribution in [0.5, 0.6) is 0 Å². The minimum absolute atomic E-state index is 0.0290. The van der Waals surface area contributed by atoms with Gasteiger partial charge in [-0.2, -0.15) is 13.2 Å². The molecule has 5 nitrogen and oxygen atoms in total. The number of hydrogen-bond donors (Lipinski definition) is 0. The Kier molecular flexibility index (Phi) is 3.82. The van der Waals surface area contributed by atoms with Crippen LogP contribution in [-0.4, -0.2) is 29.2 Å². The monoisotopic (exact) mass is 289 g/mol. The van der Waals surface area contributed by atoms with Crippen LogP contribution < -0.4 is 4.90 Å². The predicted octanol–water partition coefficient (Wildman–Crippen LogP) is 3.08. The van der Waals surface area contributed by atoms with Gasteiger partial charge in [0.05, 0.1) is 10.8 Å². The Balaban J connectivity index is 2.08. The Labute approximate surface area is 113 Å². The fraction of sp³-hybridized carbons (Fsp3) is 0.583. The Hall–Kier alpha value is -1.86. The zero-order valence-electron chi connectivity index (χ0n) is 10.9. The second kappa shape index (κ2) is 5.26. The van der Waals surface area contributed by atoms with Crippen molar-refractivity contribution in [1.82, 2.24) is 4.98 Å². The number of hydrogen-bond acceptors (Lipinski definition) is 4. The molecule has 8 heteroatoms. The number of alkyl halides is 3. The van der Waals surface area contributed by atoms with E-state index in [1.54, 1.807) is 4.90 Å². The van der Waals surface area contributed by atoms with Crippen LogP contribution in [0.25, 0.3) is 0 Å². The van der Waals surface area contributed by atoms with Crippen molar-refractivity contribution in [2.45, 2.75) is 25.9 Å².